The summed E-state index contributed by atoms with van der Waals surface area (Å²) in [6, 6.07) is 7.53. The summed E-state index contributed by atoms with van der Waals surface area (Å²) < 4.78 is 14.0. The van der Waals surface area contributed by atoms with Crippen LogP contribution in [0.2, 0.25) is 0 Å². The smallest absolute Gasteiger partial charge is 0.343 e. The lowest BCUT2D eigenvalue weighted by molar-refractivity contribution is -0.150. The Bertz CT molecular complexity index is 693. The molecule has 0 aromatic heterocycles. The predicted octanol–water partition coefficient (Wildman–Crippen LogP) is 1.60. The van der Waals surface area contributed by atoms with E-state index in [1.807, 2.05) is 24.3 Å². The number of hydrogen-bond donors (Lipinski definition) is 2. The van der Waals surface area contributed by atoms with Crippen LogP contribution >= 0.6 is 0 Å². The number of carboxylic acids is 1. The minimum atomic E-state index is -2.35. The van der Waals surface area contributed by atoms with Crippen molar-refractivity contribution >= 4 is 23.5 Å². The van der Waals surface area contributed by atoms with Gasteiger partial charge < -0.3 is 15.3 Å². The van der Waals surface area contributed by atoms with Gasteiger partial charge in [-0.15, -0.1) is 0 Å². The number of halogens is 1. The molecule has 2 atom stereocenters. The minimum absolute atomic E-state index is 0.0985. The first kappa shape index (κ1) is 16.4. The fourth-order valence-electron chi connectivity index (χ4n) is 3.26. The zero-order valence-corrected chi connectivity index (χ0v) is 13.1. The van der Waals surface area contributed by atoms with Crippen LogP contribution in [0.1, 0.15) is 24.8 Å². The SMILES string of the molecule is O=C1Nc2ccccc2CC1CCC(=O)N1CCC(F)(C(=O)O)C1. The van der Waals surface area contributed by atoms with Crippen molar-refractivity contribution in [2.24, 2.45) is 5.92 Å². The van der Waals surface area contributed by atoms with Crippen LogP contribution in [0.5, 0.6) is 0 Å². The van der Waals surface area contributed by atoms with Crippen LogP contribution in [0, 0.1) is 5.92 Å². The number of amides is 2. The van der Waals surface area contributed by atoms with Gasteiger partial charge in [-0.25, -0.2) is 9.18 Å². The summed E-state index contributed by atoms with van der Waals surface area (Å²) in [6.07, 6.45) is 0.848. The van der Waals surface area contributed by atoms with E-state index in [4.69, 9.17) is 5.11 Å². The van der Waals surface area contributed by atoms with Crippen molar-refractivity contribution in [1.29, 1.82) is 0 Å². The van der Waals surface area contributed by atoms with Crippen molar-refractivity contribution in [3.8, 4) is 0 Å². The number of nitrogens with one attached hydrogen (secondary N) is 1. The van der Waals surface area contributed by atoms with Gasteiger partial charge in [0, 0.05) is 31.0 Å². The molecule has 0 spiro atoms. The molecule has 2 aliphatic rings. The maximum Gasteiger partial charge on any atom is 0.343 e. The molecule has 0 saturated carbocycles. The van der Waals surface area contributed by atoms with Gasteiger partial charge in [-0.1, -0.05) is 18.2 Å². The monoisotopic (exact) mass is 334 g/mol. The van der Waals surface area contributed by atoms with E-state index in [9.17, 15) is 18.8 Å². The lowest BCUT2D eigenvalue weighted by Gasteiger charge is -2.25. The number of rotatable bonds is 4. The maximum absolute atomic E-state index is 14.0. The largest absolute Gasteiger partial charge is 0.479 e. The molecule has 2 unspecified atom stereocenters. The summed E-state index contributed by atoms with van der Waals surface area (Å²) in [7, 11) is 0. The fraction of sp³-hybridized carbons (Fsp3) is 0.471. The van der Waals surface area contributed by atoms with E-state index in [0.717, 1.165) is 11.3 Å². The van der Waals surface area contributed by atoms with Crippen LogP contribution in [0.3, 0.4) is 0 Å². The Morgan fingerprint density at radius 1 is 1.38 bits per heavy atom. The number of carbonyl (C=O) groups is 3. The molecule has 0 radical (unpaired) electrons. The van der Waals surface area contributed by atoms with Crippen molar-refractivity contribution in [2.75, 3.05) is 18.4 Å². The Balaban J connectivity index is 1.56. The summed E-state index contributed by atoms with van der Waals surface area (Å²) in [6.45, 7) is -0.317. The highest BCUT2D eigenvalue weighted by Crippen LogP contribution is 2.29. The number of para-hydroxylation sites is 1. The molecule has 6 nitrogen and oxygen atoms in total. The highest BCUT2D eigenvalue weighted by atomic mass is 19.1. The van der Waals surface area contributed by atoms with E-state index in [-0.39, 0.29) is 37.1 Å². The molecule has 24 heavy (non-hydrogen) atoms. The normalized spacial score (nSPS) is 26.0. The second-order valence-corrected chi connectivity index (χ2v) is 6.42. The van der Waals surface area contributed by atoms with Gasteiger partial charge in [0.05, 0.1) is 6.54 Å². The number of benzene rings is 1. The molecule has 7 heteroatoms. The van der Waals surface area contributed by atoms with Gasteiger partial charge in [-0.05, 0) is 24.5 Å². The number of alkyl halides is 1. The lowest BCUT2D eigenvalue weighted by atomic mass is 9.89. The summed E-state index contributed by atoms with van der Waals surface area (Å²) in [5.41, 5.74) is -0.519. The molecule has 2 aliphatic heterocycles. The Hall–Kier alpha value is -2.44. The number of fused-ring (bicyclic) bond motifs is 1. The molecule has 128 valence electrons. The number of hydrogen-bond acceptors (Lipinski definition) is 3. The molecule has 2 amide bonds. The van der Waals surface area contributed by atoms with Crippen molar-refractivity contribution in [1.82, 2.24) is 4.90 Å². The Morgan fingerprint density at radius 2 is 2.12 bits per heavy atom. The van der Waals surface area contributed by atoms with E-state index in [0.29, 0.717) is 12.8 Å². The van der Waals surface area contributed by atoms with Crippen LogP contribution in [-0.4, -0.2) is 46.5 Å². The number of anilines is 1. The molecule has 0 bridgehead atoms. The van der Waals surface area contributed by atoms with Gasteiger partial charge in [-0.3, -0.25) is 9.59 Å². The lowest BCUT2D eigenvalue weighted by Crippen LogP contribution is -2.39. The number of aliphatic carboxylic acids is 1. The van der Waals surface area contributed by atoms with Gasteiger partial charge in [0.1, 0.15) is 0 Å². The topological polar surface area (TPSA) is 86.7 Å². The van der Waals surface area contributed by atoms with Gasteiger partial charge in [-0.2, -0.15) is 0 Å². The third kappa shape index (κ3) is 3.11. The molecular weight excluding hydrogens is 315 g/mol. The summed E-state index contributed by atoms with van der Waals surface area (Å²) in [4.78, 5) is 36.4. The summed E-state index contributed by atoms with van der Waals surface area (Å²) >= 11 is 0. The van der Waals surface area contributed by atoms with Gasteiger partial charge in [0.2, 0.25) is 17.5 Å². The first-order chi connectivity index (χ1) is 11.4. The quantitative estimate of drug-likeness (QED) is 0.876. The van der Waals surface area contributed by atoms with Crippen LogP contribution < -0.4 is 5.32 Å². The van der Waals surface area contributed by atoms with Crippen molar-refractivity contribution in [3.05, 3.63) is 29.8 Å². The average Bonchev–Trinajstić information content (AvgIpc) is 2.96. The Labute approximate surface area is 138 Å². The van der Waals surface area contributed by atoms with Gasteiger partial charge >= 0.3 is 5.97 Å². The first-order valence-electron chi connectivity index (χ1n) is 7.98. The standard InChI is InChI=1S/C17H19FN2O4/c18-17(16(23)24)7-8-20(10-17)14(21)6-5-12-9-11-3-1-2-4-13(11)19-15(12)22/h1-4,12H,5-10H2,(H,19,22)(H,23,24). The predicted molar refractivity (Wildman–Crippen MR) is 84.2 cm³/mol. The molecule has 1 aromatic rings. The molecule has 1 aromatic carbocycles. The Kier molecular flexibility index (Phi) is 4.26. The van der Waals surface area contributed by atoms with Crippen molar-refractivity contribution < 1.29 is 23.9 Å². The first-order valence-corrected chi connectivity index (χ1v) is 7.98. The number of carbonyl (C=O) groups excluding carboxylic acids is 2. The van der Waals surface area contributed by atoms with Crippen LogP contribution in [0.15, 0.2) is 24.3 Å². The fourth-order valence-corrected chi connectivity index (χ4v) is 3.26. The third-order valence-electron chi connectivity index (χ3n) is 4.77. The van der Waals surface area contributed by atoms with E-state index >= 15 is 0 Å². The molecule has 3 rings (SSSR count). The third-order valence-corrected chi connectivity index (χ3v) is 4.77. The molecule has 1 fully saturated rings. The van der Waals surface area contributed by atoms with Crippen LogP contribution in [-0.2, 0) is 20.8 Å². The second kappa shape index (κ2) is 6.22. The van der Waals surface area contributed by atoms with Crippen LogP contribution in [0.25, 0.3) is 0 Å². The maximum atomic E-state index is 14.0. The molecule has 1 saturated heterocycles. The zero-order valence-electron chi connectivity index (χ0n) is 13.1. The average molecular weight is 334 g/mol. The highest BCUT2D eigenvalue weighted by molar-refractivity contribution is 5.96. The molecule has 0 aliphatic carbocycles. The number of carboxylic acid groups (broad SMARTS) is 1. The van der Waals surface area contributed by atoms with E-state index in [1.54, 1.807) is 0 Å². The number of likely N-dealkylation sites (tertiary alicyclic amines) is 1. The number of nitrogens with zero attached hydrogens (tertiary/aromatic N) is 1. The molecule has 2 heterocycles. The van der Waals surface area contributed by atoms with Gasteiger partial charge in [0.25, 0.3) is 0 Å². The van der Waals surface area contributed by atoms with Gasteiger partial charge in [0.15, 0.2) is 0 Å². The van der Waals surface area contributed by atoms with Crippen molar-refractivity contribution in [3.63, 3.8) is 0 Å². The van der Waals surface area contributed by atoms with E-state index in [1.165, 1.54) is 4.90 Å². The second-order valence-electron chi connectivity index (χ2n) is 6.42. The van der Waals surface area contributed by atoms with E-state index in [2.05, 4.69) is 5.32 Å². The van der Waals surface area contributed by atoms with Crippen LogP contribution in [0.4, 0.5) is 10.1 Å². The molecular formula is C17H19FN2O4. The zero-order chi connectivity index (χ0) is 17.3. The highest BCUT2D eigenvalue weighted by Gasteiger charge is 2.46. The van der Waals surface area contributed by atoms with Crippen molar-refractivity contribution in [2.45, 2.75) is 31.4 Å². The Morgan fingerprint density at radius 3 is 2.83 bits per heavy atom. The minimum Gasteiger partial charge on any atom is -0.479 e. The molecule has 2 N–H and O–H groups in total. The van der Waals surface area contributed by atoms with E-state index < -0.39 is 18.2 Å². The summed E-state index contributed by atoms with van der Waals surface area (Å²) in [5, 5.41) is 11.7. The summed E-state index contributed by atoms with van der Waals surface area (Å²) in [5.74, 6) is -2.25.